The second kappa shape index (κ2) is 7.78. The van der Waals surface area contributed by atoms with Crippen LogP contribution in [0.2, 0.25) is 0 Å². The van der Waals surface area contributed by atoms with E-state index in [1.807, 2.05) is 24.3 Å². The lowest BCUT2D eigenvalue weighted by molar-refractivity contribution is 0.414. The Balaban J connectivity index is 1.84. The minimum absolute atomic E-state index is 0.173. The first kappa shape index (κ1) is 16.3. The first-order valence-corrected chi connectivity index (χ1v) is 8.19. The maximum atomic E-state index is 13.4. The number of hydrogen-bond acceptors (Lipinski definition) is 1. The van der Waals surface area contributed by atoms with Gasteiger partial charge in [-0.2, -0.15) is 0 Å². The van der Waals surface area contributed by atoms with Gasteiger partial charge in [0.15, 0.2) is 0 Å². The molecule has 1 atom stereocenters. The molecule has 24 heavy (non-hydrogen) atoms. The molecule has 2 heteroatoms. The number of halogens is 1. The van der Waals surface area contributed by atoms with Crippen molar-refractivity contribution in [2.45, 2.75) is 18.8 Å². The van der Waals surface area contributed by atoms with E-state index in [0.717, 1.165) is 24.2 Å². The molecule has 0 amide bonds. The number of ether oxygens (including phenoxy) is 1. The lowest BCUT2D eigenvalue weighted by atomic mass is 9.86. The van der Waals surface area contributed by atoms with Crippen LogP contribution in [0, 0.1) is 5.82 Å². The highest BCUT2D eigenvalue weighted by Crippen LogP contribution is 2.30. The first-order valence-electron chi connectivity index (χ1n) is 8.19. The minimum atomic E-state index is -0.173. The Kier molecular flexibility index (Phi) is 5.27. The highest BCUT2D eigenvalue weighted by atomic mass is 19.1. The van der Waals surface area contributed by atoms with E-state index in [2.05, 4.69) is 36.4 Å². The molecule has 0 fully saturated rings. The lowest BCUT2D eigenvalue weighted by Crippen LogP contribution is -2.03. The summed E-state index contributed by atoms with van der Waals surface area (Å²) >= 11 is 0. The maximum absolute atomic E-state index is 13.4. The van der Waals surface area contributed by atoms with Crippen molar-refractivity contribution < 1.29 is 9.13 Å². The predicted octanol–water partition coefficient (Wildman–Crippen LogP) is 5.60. The predicted molar refractivity (Wildman–Crippen MR) is 96.0 cm³/mol. The maximum Gasteiger partial charge on any atom is 0.123 e. The second-order valence-electron chi connectivity index (χ2n) is 5.91. The average Bonchev–Trinajstić information content (AvgIpc) is 2.63. The molecule has 0 bridgehead atoms. The van der Waals surface area contributed by atoms with Crippen molar-refractivity contribution >= 4 is 0 Å². The van der Waals surface area contributed by atoms with Crippen LogP contribution in [0.15, 0.2) is 78.9 Å². The van der Waals surface area contributed by atoms with Crippen LogP contribution in [0.5, 0.6) is 5.75 Å². The Morgan fingerprint density at radius 2 is 1.54 bits per heavy atom. The van der Waals surface area contributed by atoms with Crippen LogP contribution < -0.4 is 4.74 Å². The highest BCUT2D eigenvalue weighted by Gasteiger charge is 2.14. The Labute approximate surface area is 142 Å². The van der Waals surface area contributed by atoms with Crippen molar-refractivity contribution in [2.24, 2.45) is 0 Å². The fourth-order valence-electron chi connectivity index (χ4n) is 3.05. The van der Waals surface area contributed by atoms with Gasteiger partial charge in [0.25, 0.3) is 0 Å². The highest BCUT2D eigenvalue weighted by molar-refractivity contribution is 5.36. The molecule has 0 saturated carbocycles. The molecule has 1 nitrogen and oxygen atoms in total. The minimum Gasteiger partial charge on any atom is -0.497 e. The molecular formula is C22H21FO. The van der Waals surface area contributed by atoms with Crippen molar-refractivity contribution in [3.05, 3.63) is 101 Å². The van der Waals surface area contributed by atoms with Crippen LogP contribution in [-0.4, -0.2) is 7.11 Å². The van der Waals surface area contributed by atoms with Gasteiger partial charge in [0.05, 0.1) is 7.11 Å². The van der Waals surface area contributed by atoms with E-state index < -0.39 is 0 Å². The zero-order valence-electron chi connectivity index (χ0n) is 13.8. The summed E-state index contributed by atoms with van der Waals surface area (Å²) in [5.41, 5.74) is 3.56. The number of hydrogen-bond donors (Lipinski definition) is 0. The third-order valence-electron chi connectivity index (χ3n) is 4.33. The van der Waals surface area contributed by atoms with Crippen LogP contribution in [0.1, 0.15) is 29.0 Å². The lowest BCUT2D eigenvalue weighted by Gasteiger charge is -2.18. The molecule has 0 saturated heterocycles. The van der Waals surface area contributed by atoms with Gasteiger partial charge in [-0.25, -0.2) is 4.39 Å². The van der Waals surface area contributed by atoms with E-state index >= 15 is 0 Å². The molecule has 3 rings (SSSR count). The van der Waals surface area contributed by atoms with Gasteiger partial charge in [0.2, 0.25) is 0 Å². The molecule has 0 spiro atoms. The molecule has 0 aromatic heterocycles. The van der Waals surface area contributed by atoms with Crippen molar-refractivity contribution in [1.82, 2.24) is 0 Å². The van der Waals surface area contributed by atoms with E-state index in [0.29, 0.717) is 0 Å². The van der Waals surface area contributed by atoms with E-state index in [1.165, 1.54) is 17.2 Å². The molecule has 0 N–H and O–H groups in total. The molecule has 0 heterocycles. The molecule has 3 aromatic rings. The summed E-state index contributed by atoms with van der Waals surface area (Å²) in [4.78, 5) is 0. The summed E-state index contributed by atoms with van der Waals surface area (Å²) in [5.74, 6) is 0.962. The SMILES string of the molecule is COc1ccc(C(CCc2cccc(F)c2)c2ccccc2)cc1. The van der Waals surface area contributed by atoms with Crippen LogP contribution >= 0.6 is 0 Å². The fraction of sp³-hybridized carbons (Fsp3) is 0.182. The molecule has 0 aliphatic heterocycles. The smallest absolute Gasteiger partial charge is 0.123 e. The van der Waals surface area contributed by atoms with E-state index in [1.54, 1.807) is 19.2 Å². The largest absolute Gasteiger partial charge is 0.497 e. The zero-order chi connectivity index (χ0) is 16.8. The van der Waals surface area contributed by atoms with Gasteiger partial charge in [-0.05, 0) is 53.8 Å². The average molecular weight is 320 g/mol. The molecule has 3 aromatic carbocycles. The van der Waals surface area contributed by atoms with Gasteiger partial charge >= 0.3 is 0 Å². The van der Waals surface area contributed by atoms with Gasteiger partial charge in [-0.1, -0.05) is 54.6 Å². The molecule has 0 radical (unpaired) electrons. The van der Waals surface area contributed by atoms with Gasteiger partial charge < -0.3 is 4.74 Å². The number of methoxy groups -OCH3 is 1. The van der Waals surface area contributed by atoms with E-state index in [-0.39, 0.29) is 11.7 Å². The summed E-state index contributed by atoms with van der Waals surface area (Å²) in [6.45, 7) is 0. The van der Waals surface area contributed by atoms with Crippen molar-refractivity contribution in [1.29, 1.82) is 0 Å². The van der Waals surface area contributed by atoms with E-state index in [4.69, 9.17) is 4.74 Å². The molecule has 0 aliphatic rings. The first-order chi connectivity index (χ1) is 11.8. The summed E-state index contributed by atoms with van der Waals surface area (Å²) in [7, 11) is 1.67. The Morgan fingerprint density at radius 3 is 2.21 bits per heavy atom. The topological polar surface area (TPSA) is 9.23 Å². The van der Waals surface area contributed by atoms with Gasteiger partial charge in [-0.15, -0.1) is 0 Å². The third kappa shape index (κ3) is 4.02. The summed E-state index contributed by atoms with van der Waals surface area (Å²) in [5, 5.41) is 0. The summed E-state index contributed by atoms with van der Waals surface area (Å²) in [6, 6.07) is 25.5. The Bertz CT molecular complexity index is 765. The van der Waals surface area contributed by atoms with Crippen molar-refractivity contribution in [3.8, 4) is 5.75 Å². The van der Waals surface area contributed by atoms with Crippen molar-refractivity contribution in [2.75, 3.05) is 7.11 Å². The van der Waals surface area contributed by atoms with Crippen LogP contribution in [-0.2, 0) is 6.42 Å². The monoisotopic (exact) mass is 320 g/mol. The molecule has 122 valence electrons. The van der Waals surface area contributed by atoms with Crippen LogP contribution in [0.3, 0.4) is 0 Å². The van der Waals surface area contributed by atoms with Crippen molar-refractivity contribution in [3.63, 3.8) is 0 Å². The van der Waals surface area contributed by atoms with E-state index in [9.17, 15) is 4.39 Å². The third-order valence-corrected chi connectivity index (χ3v) is 4.33. The number of rotatable bonds is 6. The van der Waals surface area contributed by atoms with Gasteiger partial charge in [0.1, 0.15) is 11.6 Å². The van der Waals surface area contributed by atoms with Crippen LogP contribution in [0.4, 0.5) is 4.39 Å². The van der Waals surface area contributed by atoms with Crippen LogP contribution in [0.25, 0.3) is 0 Å². The molecule has 1 unspecified atom stereocenters. The number of benzene rings is 3. The number of aryl methyl sites for hydroxylation is 1. The summed E-state index contributed by atoms with van der Waals surface area (Å²) < 4.78 is 18.7. The molecular weight excluding hydrogens is 299 g/mol. The normalized spacial score (nSPS) is 11.9. The zero-order valence-corrected chi connectivity index (χ0v) is 13.8. The second-order valence-corrected chi connectivity index (χ2v) is 5.91. The van der Waals surface area contributed by atoms with Gasteiger partial charge in [-0.3, -0.25) is 0 Å². The molecule has 0 aliphatic carbocycles. The van der Waals surface area contributed by atoms with Gasteiger partial charge in [0, 0.05) is 5.92 Å². The fourth-order valence-corrected chi connectivity index (χ4v) is 3.05. The Hall–Kier alpha value is -2.61. The standard InChI is InChI=1S/C22H21FO/c1-24-21-13-11-19(12-14-21)22(18-7-3-2-4-8-18)15-10-17-6-5-9-20(23)16-17/h2-9,11-14,16,22H,10,15H2,1H3. The quantitative estimate of drug-likeness (QED) is 0.574. The summed E-state index contributed by atoms with van der Waals surface area (Å²) in [6.07, 6.45) is 1.77. The Morgan fingerprint density at radius 1 is 0.833 bits per heavy atom.